The fourth-order valence-electron chi connectivity index (χ4n) is 2.47. The summed E-state index contributed by atoms with van der Waals surface area (Å²) in [5.74, 6) is 1.58. The predicted octanol–water partition coefficient (Wildman–Crippen LogP) is 3.92. The largest absolute Gasteiger partial charge is 0.481 e. The normalized spacial score (nSPS) is 15.4. The highest BCUT2D eigenvalue weighted by molar-refractivity contribution is 6.31. The molecule has 1 aromatic heterocycles. The molecular weight excluding hydrogens is 321 g/mol. The SMILES string of the molecule is COc1cc(Nc2ccc(F)c(Cl)c2)nc(C2CCOCC2)n1. The van der Waals surface area contributed by atoms with E-state index in [1.807, 2.05) is 0 Å². The molecule has 1 aromatic carbocycles. The molecule has 1 saturated heterocycles. The maximum atomic E-state index is 13.2. The average molecular weight is 338 g/mol. The van der Waals surface area contributed by atoms with Gasteiger partial charge in [-0.2, -0.15) is 4.98 Å². The summed E-state index contributed by atoms with van der Waals surface area (Å²) in [5, 5.41) is 3.17. The van der Waals surface area contributed by atoms with E-state index in [1.54, 1.807) is 19.2 Å². The second-order valence-electron chi connectivity index (χ2n) is 5.29. The molecule has 0 amide bonds. The Hall–Kier alpha value is -1.92. The summed E-state index contributed by atoms with van der Waals surface area (Å²) in [5.41, 5.74) is 0.648. The predicted molar refractivity (Wildman–Crippen MR) is 86.1 cm³/mol. The summed E-state index contributed by atoms with van der Waals surface area (Å²) >= 11 is 5.81. The minimum absolute atomic E-state index is 0.0562. The summed E-state index contributed by atoms with van der Waals surface area (Å²) in [7, 11) is 1.56. The van der Waals surface area contributed by atoms with Gasteiger partial charge in [0.15, 0.2) is 0 Å². The van der Waals surface area contributed by atoms with Gasteiger partial charge in [-0.25, -0.2) is 9.37 Å². The van der Waals surface area contributed by atoms with Crippen molar-refractivity contribution < 1.29 is 13.9 Å². The van der Waals surface area contributed by atoms with Crippen molar-refractivity contribution in [3.8, 4) is 5.88 Å². The second-order valence-corrected chi connectivity index (χ2v) is 5.70. The van der Waals surface area contributed by atoms with E-state index in [-0.39, 0.29) is 10.9 Å². The lowest BCUT2D eigenvalue weighted by atomic mass is 9.99. The number of halogens is 2. The fourth-order valence-corrected chi connectivity index (χ4v) is 2.65. The van der Waals surface area contributed by atoms with E-state index < -0.39 is 5.82 Å². The molecule has 122 valence electrons. The van der Waals surface area contributed by atoms with Crippen LogP contribution in [0, 0.1) is 5.82 Å². The van der Waals surface area contributed by atoms with Crippen LogP contribution in [0.1, 0.15) is 24.6 Å². The first kappa shape index (κ1) is 16.0. The van der Waals surface area contributed by atoms with Gasteiger partial charge in [0.1, 0.15) is 17.5 Å². The Morgan fingerprint density at radius 2 is 2.04 bits per heavy atom. The molecular formula is C16H17ClFN3O2. The van der Waals surface area contributed by atoms with E-state index in [2.05, 4.69) is 15.3 Å². The Morgan fingerprint density at radius 1 is 1.26 bits per heavy atom. The highest BCUT2D eigenvalue weighted by Gasteiger charge is 2.20. The van der Waals surface area contributed by atoms with Gasteiger partial charge in [0.25, 0.3) is 0 Å². The van der Waals surface area contributed by atoms with E-state index in [4.69, 9.17) is 21.1 Å². The highest BCUT2D eigenvalue weighted by Crippen LogP contribution is 2.28. The van der Waals surface area contributed by atoms with E-state index in [0.717, 1.165) is 18.7 Å². The topological polar surface area (TPSA) is 56.3 Å². The van der Waals surface area contributed by atoms with Gasteiger partial charge in [-0.3, -0.25) is 0 Å². The van der Waals surface area contributed by atoms with Crippen molar-refractivity contribution in [2.45, 2.75) is 18.8 Å². The molecule has 2 heterocycles. The van der Waals surface area contributed by atoms with Gasteiger partial charge in [-0.05, 0) is 31.0 Å². The summed E-state index contributed by atoms with van der Waals surface area (Å²) in [6.45, 7) is 1.42. The number of nitrogens with zero attached hydrogens (tertiary/aromatic N) is 2. The molecule has 23 heavy (non-hydrogen) atoms. The molecule has 1 aliphatic heterocycles. The van der Waals surface area contributed by atoms with Crippen molar-refractivity contribution in [3.05, 3.63) is 40.9 Å². The van der Waals surface area contributed by atoms with Crippen molar-refractivity contribution in [2.75, 3.05) is 25.6 Å². The highest BCUT2D eigenvalue weighted by atomic mass is 35.5. The molecule has 7 heteroatoms. The lowest BCUT2D eigenvalue weighted by Gasteiger charge is -2.21. The number of anilines is 2. The van der Waals surface area contributed by atoms with Crippen LogP contribution < -0.4 is 10.1 Å². The average Bonchev–Trinajstić information content (AvgIpc) is 2.58. The lowest BCUT2D eigenvalue weighted by molar-refractivity contribution is 0.0834. The van der Waals surface area contributed by atoms with Crippen LogP contribution in [-0.2, 0) is 4.74 Å². The maximum absolute atomic E-state index is 13.2. The van der Waals surface area contributed by atoms with E-state index in [9.17, 15) is 4.39 Å². The standard InChI is InChI=1S/C16H17ClFN3O2/c1-22-15-9-14(19-11-2-3-13(18)12(17)8-11)20-16(21-15)10-4-6-23-7-5-10/h2-3,8-10H,4-7H2,1H3,(H,19,20,21). The van der Waals surface area contributed by atoms with Crippen molar-refractivity contribution in [2.24, 2.45) is 0 Å². The summed E-state index contributed by atoms with van der Waals surface area (Å²) < 4.78 is 23.9. The van der Waals surface area contributed by atoms with E-state index in [1.165, 1.54) is 12.1 Å². The molecule has 1 fully saturated rings. The molecule has 0 atom stereocenters. The van der Waals surface area contributed by atoms with Gasteiger partial charge in [0, 0.05) is 30.9 Å². The van der Waals surface area contributed by atoms with Gasteiger partial charge in [0.05, 0.1) is 12.1 Å². The molecule has 3 rings (SSSR count). The van der Waals surface area contributed by atoms with Crippen molar-refractivity contribution in [1.82, 2.24) is 9.97 Å². The summed E-state index contributed by atoms with van der Waals surface area (Å²) in [6.07, 6.45) is 1.77. The van der Waals surface area contributed by atoms with Gasteiger partial charge in [-0.15, -0.1) is 0 Å². The van der Waals surface area contributed by atoms with Gasteiger partial charge in [-0.1, -0.05) is 11.6 Å². The molecule has 0 unspecified atom stereocenters. The van der Waals surface area contributed by atoms with Crippen LogP contribution in [0.15, 0.2) is 24.3 Å². The zero-order chi connectivity index (χ0) is 16.2. The first-order valence-corrected chi connectivity index (χ1v) is 7.76. The second kappa shape index (κ2) is 7.10. The molecule has 1 aliphatic rings. The molecule has 0 bridgehead atoms. The summed E-state index contributed by atoms with van der Waals surface area (Å²) in [6, 6.07) is 6.12. The first-order chi connectivity index (χ1) is 11.2. The number of hydrogen-bond acceptors (Lipinski definition) is 5. The van der Waals surface area contributed by atoms with E-state index in [0.29, 0.717) is 30.6 Å². The van der Waals surface area contributed by atoms with Crippen LogP contribution in [0.5, 0.6) is 5.88 Å². The maximum Gasteiger partial charge on any atom is 0.218 e. The third-order valence-electron chi connectivity index (χ3n) is 3.71. The fraction of sp³-hybridized carbons (Fsp3) is 0.375. The van der Waals surface area contributed by atoms with Gasteiger partial charge < -0.3 is 14.8 Å². The molecule has 1 N–H and O–H groups in total. The van der Waals surface area contributed by atoms with Gasteiger partial charge >= 0.3 is 0 Å². The molecule has 2 aromatic rings. The number of benzene rings is 1. The number of ether oxygens (including phenoxy) is 2. The quantitative estimate of drug-likeness (QED) is 0.916. The minimum atomic E-state index is -0.458. The summed E-state index contributed by atoms with van der Waals surface area (Å²) in [4.78, 5) is 8.99. The third kappa shape index (κ3) is 3.89. The van der Waals surface area contributed by atoms with Gasteiger partial charge in [0.2, 0.25) is 5.88 Å². The Kier molecular flexibility index (Phi) is 4.93. The van der Waals surface area contributed by atoms with Crippen LogP contribution in [0.4, 0.5) is 15.9 Å². The number of aromatic nitrogens is 2. The Balaban J connectivity index is 1.86. The number of methoxy groups -OCH3 is 1. The molecule has 5 nitrogen and oxygen atoms in total. The Bertz CT molecular complexity index is 693. The number of rotatable bonds is 4. The molecule has 0 saturated carbocycles. The van der Waals surface area contributed by atoms with Crippen molar-refractivity contribution in [3.63, 3.8) is 0 Å². The lowest BCUT2D eigenvalue weighted by Crippen LogP contribution is -2.17. The molecule has 0 aliphatic carbocycles. The van der Waals surface area contributed by atoms with Crippen LogP contribution in [0.2, 0.25) is 5.02 Å². The minimum Gasteiger partial charge on any atom is -0.481 e. The number of nitrogens with one attached hydrogen (secondary N) is 1. The Morgan fingerprint density at radius 3 is 2.74 bits per heavy atom. The van der Waals surface area contributed by atoms with E-state index >= 15 is 0 Å². The number of hydrogen-bond donors (Lipinski definition) is 1. The smallest absolute Gasteiger partial charge is 0.218 e. The zero-order valence-corrected chi connectivity index (χ0v) is 13.4. The van der Waals surface area contributed by atoms with Crippen LogP contribution in [0.25, 0.3) is 0 Å². The van der Waals surface area contributed by atoms with Crippen LogP contribution in [-0.4, -0.2) is 30.3 Å². The molecule has 0 radical (unpaired) electrons. The molecule has 0 spiro atoms. The van der Waals surface area contributed by atoms with Crippen LogP contribution in [0.3, 0.4) is 0 Å². The zero-order valence-electron chi connectivity index (χ0n) is 12.7. The third-order valence-corrected chi connectivity index (χ3v) is 4.00. The Labute approximate surface area is 138 Å². The van der Waals surface area contributed by atoms with Crippen molar-refractivity contribution >= 4 is 23.1 Å². The van der Waals surface area contributed by atoms with Crippen molar-refractivity contribution in [1.29, 1.82) is 0 Å². The monoisotopic (exact) mass is 337 g/mol. The first-order valence-electron chi connectivity index (χ1n) is 7.38. The van der Waals surface area contributed by atoms with Crippen LogP contribution >= 0.6 is 11.6 Å².